The number of rotatable bonds is 6. The number of fused-ring (bicyclic) bond motifs is 1. The van der Waals surface area contributed by atoms with Gasteiger partial charge in [-0.1, -0.05) is 0 Å². The van der Waals surface area contributed by atoms with E-state index in [4.69, 9.17) is 4.74 Å². The third-order valence-corrected chi connectivity index (χ3v) is 7.35. The van der Waals surface area contributed by atoms with Crippen molar-refractivity contribution in [2.75, 3.05) is 26.3 Å². The monoisotopic (exact) mass is 384 g/mol. The van der Waals surface area contributed by atoms with Crippen molar-refractivity contribution >= 4 is 15.9 Å². The summed E-state index contributed by atoms with van der Waals surface area (Å²) in [7, 11) is -3.37. The smallest absolute Gasteiger partial charge is 0.222 e. The molecule has 1 N–H and O–H groups in total. The molecule has 3 heterocycles. The Hall–Kier alpha value is -1.45. The number of hydrogen-bond acceptors (Lipinski definition) is 5. The highest BCUT2D eigenvalue weighted by molar-refractivity contribution is 7.89. The highest BCUT2D eigenvalue weighted by Crippen LogP contribution is 2.26. The highest BCUT2D eigenvalue weighted by atomic mass is 32.2. The number of hydrogen-bond donors (Lipinski definition) is 1. The first kappa shape index (κ1) is 19.3. The molecule has 3 rings (SSSR count). The van der Waals surface area contributed by atoms with Gasteiger partial charge in [-0.05, 0) is 38.7 Å². The Morgan fingerprint density at radius 1 is 1.38 bits per heavy atom. The van der Waals surface area contributed by atoms with Crippen molar-refractivity contribution in [3.8, 4) is 0 Å². The third-order valence-electron chi connectivity index (χ3n) is 5.16. The van der Waals surface area contributed by atoms with Crippen molar-refractivity contribution in [1.82, 2.24) is 19.4 Å². The van der Waals surface area contributed by atoms with E-state index in [0.717, 1.165) is 31.7 Å². The Morgan fingerprint density at radius 3 is 2.81 bits per heavy atom. The maximum atomic E-state index is 12.6. The summed E-state index contributed by atoms with van der Waals surface area (Å²) in [6.45, 7) is 6.09. The summed E-state index contributed by atoms with van der Waals surface area (Å²) >= 11 is 0. The Kier molecular flexibility index (Phi) is 5.99. The molecule has 2 aliphatic rings. The number of sulfonamides is 1. The van der Waals surface area contributed by atoms with Crippen molar-refractivity contribution in [2.45, 2.75) is 50.9 Å². The molecular weight excluding hydrogens is 356 g/mol. The van der Waals surface area contributed by atoms with Crippen LogP contribution in [-0.4, -0.2) is 60.0 Å². The predicted molar refractivity (Wildman–Crippen MR) is 96.9 cm³/mol. The zero-order valence-electron chi connectivity index (χ0n) is 15.4. The van der Waals surface area contributed by atoms with Crippen molar-refractivity contribution in [3.63, 3.8) is 0 Å². The normalized spacial score (nSPS) is 22.3. The van der Waals surface area contributed by atoms with Gasteiger partial charge in [0.05, 0.1) is 30.0 Å². The van der Waals surface area contributed by atoms with Crippen molar-refractivity contribution in [1.29, 1.82) is 0 Å². The minimum absolute atomic E-state index is 0.0632. The van der Waals surface area contributed by atoms with Crippen molar-refractivity contribution < 1.29 is 17.9 Å². The molecule has 8 nitrogen and oxygen atoms in total. The molecule has 0 saturated carbocycles. The van der Waals surface area contributed by atoms with E-state index in [1.165, 1.54) is 4.31 Å². The average Bonchev–Trinajstić information content (AvgIpc) is 3.09. The van der Waals surface area contributed by atoms with Gasteiger partial charge in [0.2, 0.25) is 15.9 Å². The van der Waals surface area contributed by atoms with E-state index >= 15 is 0 Å². The largest absolute Gasteiger partial charge is 0.381 e. The number of amides is 1. The summed E-state index contributed by atoms with van der Waals surface area (Å²) in [5.41, 5.74) is 0.822. The van der Waals surface area contributed by atoms with Crippen LogP contribution in [0.3, 0.4) is 0 Å². The fraction of sp³-hybridized carbons (Fsp3) is 0.765. The number of carbonyl (C=O) groups is 1. The van der Waals surface area contributed by atoms with Crippen molar-refractivity contribution in [2.24, 2.45) is 5.92 Å². The first-order valence-corrected chi connectivity index (χ1v) is 10.7. The molecule has 1 saturated heterocycles. The summed E-state index contributed by atoms with van der Waals surface area (Å²) in [6, 6.07) is 1.53. The third kappa shape index (κ3) is 4.27. The zero-order valence-corrected chi connectivity index (χ0v) is 16.2. The molecule has 146 valence electrons. The van der Waals surface area contributed by atoms with Gasteiger partial charge in [-0.25, -0.2) is 8.42 Å². The van der Waals surface area contributed by atoms with Crippen LogP contribution in [0.25, 0.3) is 0 Å². The van der Waals surface area contributed by atoms with Gasteiger partial charge in [0, 0.05) is 32.5 Å². The van der Waals surface area contributed by atoms with Crippen molar-refractivity contribution in [3.05, 3.63) is 18.0 Å². The lowest BCUT2D eigenvalue weighted by atomic mass is 10.0. The standard InChI is InChI=1S/C17H28N4O4S/c1-13(2)26(23,24)20-11-15-3-6-19-21(15)16(12-20)9-17(22)18-10-14-4-7-25-8-5-14/h3,6,13-14,16H,4-5,7-12H2,1-2H3,(H,18,22). The topological polar surface area (TPSA) is 93.5 Å². The molecule has 0 radical (unpaired) electrons. The summed E-state index contributed by atoms with van der Waals surface area (Å²) < 4.78 is 33.7. The molecule has 1 fully saturated rings. The van der Waals surface area contributed by atoms with Gasteiger partial charge < -0.3 is 10.1 Å². The van der Waals surface area contributed by atoms with E-state index in [9.17, 15) is 13.2 Å². The fourth-order valence-electron chi connectivity index (χ4n) is 3.49. The Balaban J connectivity index is 1.63. The molecule has 1 aromatic rings. The molecule has 2 aliphatic heterocycles. The number of nitrogens with one attached hydrogen (secondary N) is 1. The molecule has 26 heavy (non-hydrogen) atoms. The van der Waals surface area contributed by atoms with Crippen LogP contribution in [0.15, 0.2) is 12.3 Å². The van der Waals surface area contributed by atoms with E-state index in [0.29, 0.717) is 19.0 Å². The molecule has 1 amide bonds. The van der Waals surface area contributed by atoms with Crippen LogP contribution in [-0.2, 0) is 26.1 Å². The van der Waals surface area contributed by atoms with Crippen LogP contribution in [0.4, 0.5) is 0 Å². The van der Waals surface area contributed by atoms with Crippen LogP contribution in [0, 0.1) is 5.92 Å². The molecule has 1 atom stereocenters. The van der Waals surface area contributed by atoms with E-state index in [2.05, 4.69) is 10.4 Å². The van der Waals surface area contributed by atoms with Gasteiger partial charge in [-0.2, -0.15) is 9.40 Å². The van der Waals surface area contributed by atoms with Crippen LogP contribution in [0.1, 0.15) is 44.8 Å². The molecule has 0 bridgehead atoms. The SMILES string of the molecule is CC(C)S(=O)(=O)N1Cc2ccnn2C(CC(=O)NCC2CCOCC2)C1. The Bertz CT molecular complexity index is 725. The fourth-order valence-corrected chi connectivity index (χ4v) is 4.78. The summed E-state index contributed by atoms with van der Waals surface area (Å²) in [4.78, 5) is 12.4. The highest BCUT2D eigenvalue weighted by Gasteiger charge is 2.35. The second kappa shape index (κ2) is 8.06. The van der Waals surface area contributed by atoms with Crippen LogP contribution < -0.4 is 5.32 Å². The maximum Gasteiger partial charge on any atom is 0.222 e. The quantitative estimate of drug-likeness (QED) is 0.787. The molecule has 0 aromatic carbocycles. The molecule has 0 spiro atoms. The van der Waals surface area contributed by atoms with Gasteiger partial charge in [-0.15, -0.1) is 0 Å². The zero-order chi connectivity index (χ0) is 18.7. The van der Waals surface area contributed by atoms with Crippen LogP contribution in [0.5, 0.6) is 0 Å². The van der Waals surface area contributed by atoms with Crippen LogP contribution in [0.2, 0.25) is 0 Å². The lowest BCUT2D eigenvalue weighted by molar-refractivity contribution is -0.122. The van der Waals surface area contributed by atoms with E-state index in [1.807, 2.05) is 6.07 Å². The Morgan fingerprint density at radius 2 is 2.12 bits per heavy atom. The van der Waals surface area contributed by atoms with Gasteiger partial charge >= 0.3 is 0 Å². The van der Waals surface area contributed by atoms with E-state index in [1.54, 1.807) is 24.7 Å². The summed E-state index contributed by atoms with van der Waals surface area (Å²) in [5, 5.41) is 6.81. The second-order valence-electron chi connectivity index (χ2n) is 7.37. The summed E-state index contributed by atoms with van der Waals surface area (Å²) in [6.07, 6.45) is 3.82. The van der Waals surface area contributed by atoms with E-state index < -0.39 is 15.3 Å². The Labute approximate surface area is 154 Å². The first-order chi connectivity index (χ1) is 12.4. The van der Waals surface area contributed by atoms with Crippen LogP contribution >= 0.6 is 0 Å². The first-order valence-electron chi connectivity index (χ1n) is 9.23. The second-order valence-corrected chi connectivity index (χ2v) is 9.86. The average molecular weight is 385 g/mol. The number of nitrogens with zero attached hydrogens (tertiary/aromatic N) is 3. The number of carbonyl (C=O) groups excluding carboxylic acids is 1. The molecular formula is C17H28N4O4S. The van der Waals surface area contributed by atoms with Gasteiger partial charge in [0.25, 0.3) is 0 Å². The lowest BCUT2D eigenvalue weighted by Crippen LogP contribution is -2.45. The van der Waals surface area contributed by atoms with E-state index in [-0.39, 0.29) is 24.9 Å². The van der Waals surface area contributed by atoms with Gasteiger partial charge in [-0.3, -0.25) is 9.48 Å². The lowest BCUT2D eigenvalue weighted by Gasteiger charge is -2.34. The molecule has 1 aromatic heterocycles. The molecule has 0 aliphatic carbocycles. The minimum Gasteiger partial charge on any atom is -0.381 e. The predicted octanol–water partition coefficient (Wildman–Crippen LogP) is 0.911. The summed E-state index contributed by atoms with van der Waals surface area (Å²) in [5.74, 6) is 0.392. The molecule has 9 heteroatoms. The minimum atomic E-state index is -3.37. The maximum absolute atomic E-state index is 12.6. The van der Waals surface area contributed by atoms with Gasteiger partial charge in [0.1, 0.15) is 0 Å². The number of ether oxygens (including phenoxy) is 1. The molecule has 1 unspecified atom stereocenters. The number of aromatic nitrogens is 2. The van der Waals surface area contributed by atoms with Gasteiger partial charge in [0.15, 0.2) is 0 Å².